The summed E-state index contributed by atoms with van der Waals surface area (Å²) in [5, 5.41) is 11.3. The Bertz CT molecular complexity index is 1040. The van der Waals surface area contributed by atoms with Crippen LogP contribution in [0.2, 0.25) is 0 Å². The highest BCUT2D eigenvalue weighted by atomic mass is 32.2. The highest BCUT2D eigenvalue weighted by Crippen LogP contribution is 2.31. The van der Waals surface area contributed by atoms with Gasteiger partial charge in [-0.05, 0) is 44.2 Å². The SMILES string of the molecule is COCCNc1nc(-c2cc(C)n(-c3ccc(S(N)(=O)=O)cc3)c2C)cs1. The van der Waals surface area contributed by atoms with E-state index in [9.17, 15) is 8.42 Å². The molecule has 0 saturated carbocycles. The second-order valence-electron chi connectivity index (χ2n) is 6.12. The number of primary sulfonamides is 1. The number of rotatable bonds is 7. The van der Waals surface area contributed by atoms with Crippen molar-refractivity contribution in [2.24, 2.45) is 5.14 Å². The van der Waals surface area contributed by atoms with Crippen LogP contribution in [0.4, 0.5) is 5.13 Å². The van der Waals surface area contributed by atoms with Crippen molar-refractivity contribution in [3.63, 3.8) is 0 Å². The van der Waals surface area contributed by atoms with E-state index in [1.54, 1.807) is 30.6 Å². The van der Waals surface area contributed by atoms with E-state index in [1.165, 1.54) is 12.1 Å². The zero-order chi connectivity index (χ0) is 19.6. The summed E-state index contributed by atoms with van der Waals surface area (Å²) in [6, 6.07) is 8.62. The molecule has 0 amide bonds. The first-order valence-corrected chi connectivity index (χ1v) is 10.7. The molecule has 0 aliphatic carbocycles. The van der Waals surface area contributed by atoms with Crippen LogP contribution in [0.1, 0.15) is 11.4 Å². The maximum Gasteiger partial charge on any atom is 0.238 e. The average molecular weight is 407 g/mol. The molecule has 2 aromatic heterocycles. The number of thiazole rings is 1. The fourth-order valence-corrected chi connectivity index (χ4v) is 4.20. The number of methoxy groups -OCH3 is 1. The molecule has 0 fully saturated rings. The molecular formula is C18H22N4O3S2. The fourth-order valence-electron chi connectivity index (χ4n) is 2.94. The van der Waals surface area contributed by atoms with Gasteiger partial charge in [-0.1, -0.05) is 0 Å². The van der Waals surface area contributed by atoms with Crippen molar-refractivity contribution in [1.82, 2.24) is 9.55 Å². The minimum absolute atomic E-state index is 0.0974. The molecule has 0 radical (unpaired) electrons. The van der Waals surface area contributed by atoms with E-state index in [4.69, 9.17) is 9.88 Å². The van der Waals surface area contributed by atoms with Gasteiger partial charge in [-0.2, -0.15) is 0 Å². The van der Waals surface area contributed by atoms with Crippen LogP contribution in [0.5, 0.6) is 0 Å². The Hall–Kier alpha value is -2.20. The smallest absolute Gasteiger partial charge is 0.238 e. The van der Waals surface area contributed by atoms with Gasteiger partial charge in [-0.3, -0.25) is 0 Å². The standard InChI is InChI=1S/C18H22N4O3S2/c1-12-10-16(17-11-26-18(21-17)20-8-9-25-3)13(2)22(12)14-4-6-15(7-5-14)27(19,23)24/h4-7,10-11H,8-9H2,1-3H3,(H,20,21)(H2,19,23,24). The van der Waals surface area contributed by atoms with Crippen molar-refractivity contribution in [2.45, 2.75) is 18.7 Å². The number of anilines is 1. The van der Waals surface area contributed by atoms with E-state index in [-0.39, 0.29) is 4.90 Å². The van der Waals surface area contributed by atoms with Crippen LogP contribution < -0.4 is 10.5 Å². The van der Waals surface area contributed by atoms with Crippen molar-refractivity contribution in [1.29, 1.82) is 0 Å². The number of nitrogens with two attached hydrogens (primary N) is 1. The summed E-state index contributed by atoms with van der Waals surface area (Å²) in [7, 11) is -2.03. The number of hydrogen-bond acceptors (Lipinski definition) is 6. The normalized spacial score (nSPS) is 11.7. The molecule has 7 nitrogen and oxygen atoms in total. The molecule has 27 heavy (non-hydrogen) atoms. The number of aryl methyl sites for hydroxylation is 1. The molecule has 1 aromatic carbocycles. The molecule has 0 bridgehead atoms. The molecular weight excluding hydrogens is 384 g/mol. The topological polar surface area (TPSA) is 99.2 Å². The van der Waals surface area contributed by atoms with Crippen molar-refractivity contribution < 1.29 is 13.2 Å². The van der Waals surface area contributed by atoms with Crippen LogP contribution in [0.3, 0.4) is 0 Å². The molecule has 0 unspecified atom stereocenters. The molecule has 9 heteroatoms. The summed E-state index contributed by atoms with van der Waals surface area (Å²) < 4.78 is 30.0. The molecule has 3 rings (SSSR count). The van der Waals surface area contributed by atoms with Gasteiger partial charge in [0.1, 0.15) is 0 Å². The molecule has 0 saturated heterocycles. The van der Waals surface area contributed by atoms with Gasteiger partial charge in [0.15, 0.2) is 5.13 Å². The molecule has 0 aliphatic heterocycles. The predicted octanol–water partition coefficient (Wildman–Crippen LogP) is 2.92. The van der Waals surface area contributed by atoms with E-state index in [0.29, 0.717) is 13.2 Å². The zero-order valence-corrected chi connectivity index (χ0v) is 17.0. The molecule has 2 heterocycles. The Labute approximate surface area is 162 Å². The Balaban J connectivity index is 1.91. The van der Waals surface area contributed by atoms with E-state index in [0.717, 1.165) is 33.5 Å². The van der Waals surface area contributed by atoms with Crippen LogP contribution >= 0.6 is 11.3 Å². The van der Waals surface area contributed by atoms with Crippen LogP contribution in [0.15, 0.2) is 40.6 Å². The molecule has 3 aromatic rings. The summed E-state index contributed by atoms with van der Waals surface area (Å²) in [6.45, 7) is 5.36. The number of hydrogen-bond donors (Lipinski definition) is 2. The van der Waals surface area contributed by atoms with Crippen LogP contribution in [0.25, 0.3) is 16.9 Å². The van der Waals surface area contributed by atoms with Crippen molar-refractivity contribution >= 4 is 26.5 Å². The van der Waals surface area contributed by atoms with E-state index in [2.05, 4.69) is 20.9 Å². The highest BCUT2D eigenvalue weighted by molar-refractivity contribution is 7.89. The highest BCUT2D eigenvalue weighted by Gasteiger charge is 2.15. The molecule has 0 atom stereocenters. The first kappa shape index (κ1) is 19.6. The van der Waals surface area contributed by atoms with Gasteiger partial charge in [0.25, 0.3) is 0 Å². The second kappa shape index (κ2) is 7.81. The minimum Gasteiger partial charge on any atom is -0.383 e. The van der Waals surface area contributed by atoms with Crippen LogP contribution in [-0.2, 0) is 14.8 Å². The van der Waals surface area contributed by atoms with Gasteiger partial charge < -0.3 is 14.6 Å². The van der Waals surface area contributed by atoms with Crippen LogP contribution in [-0.4, -0.2) is 38.2 Å². The number of ether oxygens (including phenoxy) is 1. The largest absolute Gasteiger partial charge is 0.383 e. The Morgan fingerprint density at radius 2 is 1.96 bits per heavy atom. The lowest BCUT2D eigenvalue weighted by atomic mass is 10.2. The molecule has 0 aliphatic rings. The third-order valence-electron chi connectivity index (χ3n) is 4.22. The number of benzene rings is 1. The first-order valence-electron chi connectivity index (χ1n) is 8.32. The number of nitrogens with zero attached hydrogens (tertiary/aromatic N) is 2. The maximum atomic E-state index is 11.5. The Kier molecular flexibility index (Phi) is 5.66. The summed E-state index contributed by atoms with van der Waals surface area (Å²) in [5.41, 5.74) is 4.88. The van der Waals surface area contributed by atoms with Gasteiger partial charge >= 0.3 is 0 Å². The van der Waals surface area contributed by atoms with Gasteiger partial charge in [0.2, 0.25) is 10.0 Å². The Morgan fingerprint density at radius 1 is 1.26 bits per heavy atom. The number of aromatic nitrogens is 2. The van der Waals surface area contributed by atoms with E-state index < -0.39 is 10.0 Å². The van der Waals surface area contributed by atoms with E-state index in [1.807, 2.05) is 19.2 Å². The third-order valence-corrected chi connectivity index (χ3v) is 5.95. The number of nitrogens with one attached hydrogen (secondary N) is 1. The molecule has 144 valence electrons. The molecule has 3 N–H and O–H groups in total. The Morgan fingerprint density at radius 3 is 2.59 bits per heavy atom. The maximum absolute atomic E-state index is 11.5. The second-order valence-corrected chi connectivity index (χ2v) is 8.54. The van der Waals surface area contributed by atoms with Crippen molar-refractivity contribution in [2.75, 3.05) is 25.6 Å². The van der Waals surface area contributed by atoms with E-state index >= 15 is 0 Å². The zero-order valence-electron chi connectivity index (χ0n) is 15.4. The van der Waals surface area contributed by atoms with Crippen molar-refractivity contribution in [3.8, 4) is 16.9 Å². The monoisotopic (exact) mass is 406 g/mol. The van der Waals surface area contributed by atoms with Gasteiger partial charge in [-0.15, -0.1) is 11.3 Å². The third kappa shape index (κ3) is 4.22. The quantitative estimate of drug-likeness (QED) is 0.588. The lowest BCUT2D eigenvalue weighted by Gasteiger charge is -2.10. The summed E-state index contributed by atoms with van der Waals surface area (Å²) >= 11 is 1.55. The fraction of sp³-hybridized carbons (Fsp3) is 0.278. The van der Waals surface area contributed by atoms with Gasteiger partial charge in [-0.25, -0.2) is 18.5 Å². The van der Waals surface area contributed by atoms with Gasteiger partial charge in [0, 0.05) is 41.7 Å². The number of sulfonamides is 1. The lowest BCUT2D eigenvalue weighted by molar-refractivity contribution is 0.211. The lowest BCUT2D eigenvalue weighted by Crippen LogP contribution is -2.12. The summed E-state index contributed by atoms with van der Waals surface area (Å²) in [5.74, 6) is 0. The van der Waals surface area contributed by atoms with Crippen LogP contribution in [0, 0.1) is 13.8 Å². The first-order chi connectivity index (χ1) is 12.8. The summed E-state index contributed by atoms with van der Waals surface area (Å²) in [6.07, 6.45) is 0. The molecule has 0 spiro atoms. The van der Waals surface area contributed by atoms with Crippen molar-refractivity contribution in [3.05, 3.63) is 47.1 Å². The summed E-state index contributed by atoms with van der Waals surface area (Å²) in [4.78, 5) is 4.75. The minimum atomic E-state index is -3.70. The predicted molar refractivity (Wildman–Crippen MR) is 108 cm³/mol. The average Bonchev–Trinajstić information content (AvgIpc) is 3.19. The van der Waals surface area contributed by atoms with Gasteiger partial charge in [0.05, 0.1) is 17.2 Å².